The fraction of sp³-hybridized carbons (Fsp3) is 0.0667. The summed E-state index contributed by atoms with van der Waals surface area (Å²) in [5, 5.41) is 4.14. The SMILES string of the molecule is Cc1ccc2nc(Nc3ccc(Br)cc3C(N)=S)sc2c1. The molecule has 0 fully saturated rings. The highest BCUT2D eigenvalue weighted by Crippen LogP contribution is 2.31. The molecule has 106 valence electrons. The highest BCUT2D eigenvalue weighted by Gasteiger charge is 2.09. The number of halogens is 1. The van der Waals surface area contributed by atoms with Gasteiger partial charge in [0.15, 0.2) is 5.13 Å². The molecule has 0 aliphatic heterocycles. The maximum absolute atomic E-state index is 5.79. The number of rotatable bonds is 3. The van der Waals surface area contributed by atoms with E-state index >= 15 is 0 Å². The molecule has 0 saturated carbocycles. The van der Waals surface area contributed by atoms with Crippen molar-refractivity contribution < 1.29 is 0 Å². The van der Waals surface area contributed by atoms with E-state index in [1.807, 2.05) is 24.3 Å². The lowest BCUT2D eigenvalue weighted by Crippen LogP contribution is -2.11. The van der Waals surface area contributed by atoms with Crippen LogP contribution in [-0.2, 0) is 0 Å². The van der Waals surface area contributed by atoms with E-state index in [1.165, 1.54) is 5.56 Å². The average molecular weight is 378 g/mol. The van der Waals surface area contributed by atoms with Gasteiger partial charge in [-0.05, 0) is 42.8 Å². The van der Waals surface area contributed by atoms with Crippen LogP contribution in [0.25, 0.3) is 10.2 Å². The Morgan fingerprint density at radius 3 is 2.86 bits per heavy atom. The van der Waals surface area contributed by atoms with Crippen LogP contribution in [0.4, 0.5) is 10.8 Å². The van der Waals surface area contributed by atoms with Crippen molar-refractivity contribution in [2.45, 2.75) is 6.92 Å². The third-order valence-corrected chi connectivity index (χ3v) is 4.68. The molecule has 3 N–H and O–H groups in total. The van der Waals surface area contributed by atoms with E-state index < -0.39 is 0 Å². The lowest BCUT2D eigenvalue weighted by Gasteiger charge is -2.09. The quantitative estimate of drug-likeness (QED) is 0.646. The van der Waals surface area contributed by atoms with Crippen LogP contribution in [0.5, 0.6) is 0 Å². The molecule has 1 aromatic heterocycles. The molecule has 2 aromatic carbocycles. The third kappa shape index (κ3) is 3.07. The molecule has 0 radical (unpaired) electrons. The van der Waals surface area contributed by atoms with E-state index in [9.17, 15) is 0 Å². The molecule has 3 nitrogen and oxygen atoms in total. The minimum absolute atomic E-state index is 0.357. The molecule has 0 unspecified atom stereocenters. The first-order chi connectivity index (χ1) is 10.0. The van der Waals surface area contributed by atoms with Crippen molar-refractivity contribution in [3.63, 3.8) is 0 Å². The van der Waals surface area contributed by atoms with Crippen molar-refractivity contribution in [1.29, 1.82) is 0 Å². The Balaban J connectivity index is 2.00. The van der Waals surface area contributed by atoms with E-state index in [2.05, 4.69) is 45.3 Å². The number of hydrogen-bond donors (Lipinski definition) is 2. The molecular weight excluding hydrogens is 366 g/mol. The predicted octanol–water partition coefficient (Wildman–Crippen LogP) is 4.75. The summed E-state index contributed by atoms with van der Waals surface area (Å²) in [6.45, 7) is 2.08. The molecule has 3 rings (SSSR count). The summed E-state index contributed by atoms with van der Waals surface area (Å²) >= 11 is 10.1. The van der Waals surface area contributed by atoms with Crippen LogP contribution in [0.2, 0.25) is 0 Å². The van der Waals surface area contributed by atoms with Gasteiger partial charge in [0.2, 0.25) is 0 Å². The summed E-state index contributed by atoms with van der Waals surface area (Å²) in [6.07, 6.45) is 0. The number of hydrogen-bond acceptors (Lipinski definition) is 4. The summed E-state index contributed by atoms with van der Waals surface area (Å²) < 4.78 is 2.10. The largest absolute Gasteiger partial charge is 0.389 e. The van der Waals surface area contributed by atoms with Crippen LogP contribution in [0.15, 0.2) is 40.9 Å². The zero-order valence-corrected chi connectivity index (χ0v) is 14.4. The molecule has 0 bridgehead atoms. The molecule has 6 heteroatoms. The Morgan fingerprint density at radius 2 is 2.10 bits per heavy atom. The van der Waals surface area contributed by atoms with Gasteiger partial charge in [-0.1, -0.05) is 45.6 Å². The third-order valence-electron chi connectivity index (χ3n) is 3.03. The monoisotopic (exact) mass is 377 g/mol. The van der Waals surface area contributed by atoms with Gasteiger partial charge in [-0.25, -0.2) is 4.98 Å². The fourth-order valence-corrected chi connectivity index (χ4v) is 3.54. The van der Waals surface area contributed by atoms with Gasteiger partial charge < -0.3 is 11.1 Å². The molecular formula is C15H12BrN3S2. The lowest BCUT2D eigenvalue weighted by molar-refractivity contribution is 1.42. The summed E-state index contributed by atoms with van der Waals surface area (Å²) in [6, 6.07) is 12.0. The van der Waals surface area contributed by atoms with E-state index in [-0.39, 0.29) is 0 Å². The Morgan fingerprint density at radius 1 is 1.29 bits per heavy atom. The van der Waals surface area contributed by atoms with Gasteiger partial charge >= 0.3 is 0 Å². The Kier molecular flexibility index (Phi) is 3.93. The molecule has 1 heterocycles. The Labute approximate surface area is 140 Å². The number of nitrogens with two attached hydrogens (primary N) is 1. The standard InChI is InChI=1S/C15H12BrN3S2/c1-8-2-4-12-13(6-8)21-15(19-12)18-11-5-3-9(16)7-10(11)14(17)20/h2-7H,1H3,(H2,17,20)(H,18,19). The lowest BCUT2D eigenvalue weighted by atomic mass is 10.2. The Bertz CT molecular complexity index is 842. The molecule has 0 saturated heterocycles. The van der Waals surface area contributed by atoms with Gasteiger partial charge in [0.1, 0.15) is 4.99 Å². The van der Waals surface area contributed by atoms with E-state index in [0.717, 1.165) is 31.1 Å². The number of anilines is 2. The summed E-state index contributed by atoms with van der Waals surface area (Å²) in [4.78, 5) is 4.94. The second-order valence-corrected chi connectivity index (χ2v) is 7.06. The molecule has 3 aromatic rings. The van der Waals surface area contributed by atoms with Crippen molar-refractivity contribution >= 4 is 65.5 Å². The highest BCUT2D eigenvalue weighted by atomic mass is 79.9. The number of aryl methyl sites for hydroxylation is 1. The minimum atomic E-state index is 0.357. The summed E-state index contributed by atoms with van der Waals surface area (Å²) in [7, 11) is 0. The van der Waals surface area contributed by atoms with Gasteiger partial charge in [0, 0.05) is 10.0 Å². The fourth-order valence-electron chi connectivity index (χ4n) is 2.03. The zero-order chi connectivity index (χ0) is 15.0. The smallest absolute Gasteiger partial charge is 0.188 e. The van der Waals surface area contributed by atoms with Gasteiger partial charge in [0.05, 0.1) is 15.9 Å². The maximum Gasteiger partial charge on any atom is 0.188 e. The van der Waals surface area contributed by atoms with Crippen molar-refractivity contribution in [2.75, 3.05) is 5.32 Å². The summed E-state index contributed by atoms with van der Waals surface area (Å²) in [5.74, 6) is 0. The van der Waals surface area contributed by atoms with Crippen molar-refractivity contribution in [3.05, 3.63) is 52.0 Å². The van der Waals surface area contributed by atoms with Crippen LogP contribution in [-0.4, -0.2) is 9.97 Å². The topological polar surface area (TPSA) is 50.9 Å². The van der Waals surface area contributed by atoms with Gasteiger partial charge in [0.25, 0.3) is 0 Å². The van der Waals surface area contributed by atoms with Gasteiger partial charge in [-0.3, -0.25) is 0 Å². The normalized spacial score (nSPS) is 10.8. The van der Waals surface area contributed by atoms with E-state index in [4.69, 9.17) is 18.0 Å². The van der Waals surface area contributed by atoms with Crippen LogP contribution in [0, 0.1) is 6.92 Å². The molecule has 0 spiro atoms. The number of thiazole rings is 1. The Hall–Kier alpha value is -1.50. The first-order valence-corrected chi connectivity index (χ1v) is 8.28. The first-order valence-electron chi connectivity index (χ1n) is 6.26. The number of nitrogens with zero attached hydrogens (tertiary/aromatic N) is 1. The van der Waals surface area contributed by atoms with Gasteiger partial charge in [-0.15, -0.1) is 0 Å². The maximum atomic E-state index is 5.79. The van der Waals surface area contributed by atoms with Crippen LogP contribution in [0.3, 0.4) is 0 Å². The average Bonchev–Trinajstić information content (AvgIpc) is 2.82. The van der Waals surface area contributed by atoms with Crippen LogP contribution >= 0.6 is 39.5 Å². The van der Waals surface area contributed by atoms with Crippen LogP contribution in [0.1, 0.15) is 11.1 Å². The number of benzene rings is 2. The second kappa shape index (κ2) is 5.71. The van der Waals surface area contributed by atoms with Crippen molar-refractivity contribution in [1.82, 2.24) is 4.98 Å². The van der Waals surface area contributed by atoms with Crippen molar-refractivity contribution in [2.24, 2.45) is 5.73 Å². The number of nitrogens with one attached hydrogen (secondary N) is 1. The summed E-state index contributed by atoms with van der Waals surface area (Å²) in [5.41, 5.74) is 9.66. The minimum Gasteiger partial charge on any atom is -0.389 e. The first kappa shape index (κ1) is 14.4. The molecule has 0 atom stereocenters. The van der Waals surface area contributed by atoms with Crippen molar-refractivity contribution in [3.8, 4) is 0 Å². The van der Waals surface area contributed by atoms with Gasteiger partial charge in [-0.2, -0.15) is 0 Å². The van der Waals surface area contributed by atoms with E-state index in [1.54, 1.807) is 11.3 Å². The highest BCUT2D eigenvalue weighted by molar-refractivity contribution is 9.10. The number of fused-ring (bicyclic) bond motifs is 1. The predicted molar refractivity (Wildman–Crippen MR) is 97.7 cm³/mol. The number of thiocarbonyl (C=S) groups is 1. The second-order valence-electron chi connectivity index (χ2n) is 4.67. The molecule has 0 aliphatic rings. The molecule has 0 amide bonds. The molecule has 0 aliphatic carbocycles. The number of aromatic nitrogens is 1. The van der Waals surface area contributed by atoms with E-state index in [0.29, 0.717) is 4.99 Å². The zero-order valence-electron chi connectivity index (χ0n) is 11.2. The molecule has 21 heavy (non-hydrogen) atoms. The van der Waals surface area contributed by atoms with Crippen LogP contribution < -0.4 is 11.1 Å².